The van der Waals surface area contributed by atoms with Crippen LogP contribution in [0.5, 0.6) is 0 Å². The molecule has 186 valence electrons. The van der Waals surface area contributed by atoms with Crippen LogP contribution < -0.4 is 10.6 Å². The van der Waals surface area contributed by atoms with E-state index in [0.717, 1.165) is 40.2 Å². The van der Waals surface area contributed by atoms with E-state index in [-0.39, 0.29) is 11.8 Å². The van der Waals surface area contributed by atoms with Crippen molar-refractivity contribution in [2.24, 2.45) is 11.7 Å². The van der Waals surface area contributed by atoms with E-state index in [1.807, 2.05) is 31.4 Å². The van der Waals surface area contributed by atoms with Crippen molar-refractivity contribution in [3.8, 4) is 5.69 Å². The molecular weight excluding hydrogens is 591 g/mol. The second-order valence-corrected chi connectivity index (χ2v) is 10.4. The predicted octanol–water partition coefficient (Wildman–Crippen LogP) is 6.15. The summed E-state index contributed by atoms with van der Waals surface area (Å²) in [6.07, 6.45) is -1.76. The van der Waals surface area contributed by atoms with E-state index in [1.165, 1.54) is 0 Å². The maximum Gasteiger partial charge on any atom is 0.416 e. The number of rotatable bonds is 4. The van der Waals surface area contributed by atoms with Crippen LogP contribution in [-0.2, 0) is 11.0 Å². The third-order valence-corrected chi connectivity index (χ3v) is 7.75. The van der Waals surface area contributed by atoms with Crippen LogP contribution in [0, 0.1) is 26.7 Å². The van der Waals surface area contributed by atoms with Crippen molar-refractivity contribution >= 4 is 54.6 Å². The van der Waals surface area contributed by atoms with Crippen molar-refractivity contribution in [2.75, 3.05) is 18.0 Å². The molecule has 0 saturated carbocycles. The summed E-state index contributed by atoms with van der Waals surface area (Å²) in [6, 6.07) is 2.15. The number of anilines is 1. The van der Waals surface area contributed by atoms with Gasteiger partial charge in [-0.25, -0.2) is 9.97 Å². The van der Waals surface area contributed by atoms with Gasteiger partial charge in [-0.3, -0.25) is 9.36 Å². The number of primary amides is 1. The zero-order valence-electron chi connectivity index (χ0n) is 19.6. The fourth-order valence-electron chi connectivity index (χ4n) is 4.45. The lowest BCUT2D eigenvalue weighted by Crippen LogP contribution is -2.33. The summed E-state index contributed by atoms with van der Waals surface area (Å²) in [6.45, 7) is 8.70. The van der Waals surface area contributed by atoms with Crippen LogP contribution in [0.1, 0.15) is 36.0 Å². The first kappa shape index (κ1) is 25.7. The highest BCUT2D eigenvalue weighted by atomic mass is 79.9. The van der Waals surface area contributed by atoms with Gasteiger partial charge in [0.1, 0.15) is 11.6 Å². The first-order valence-corrected chi connectivity index (χ1v) is 12.6. The van der Waals surface area contributed by atoms with Gasteiger partial charge in [0.15, 0.2) is 5.65 Å². The number of halogens is 5. The summed E-state index contributed by atoms with van der Waals surface area (Å²) >= 11 is 6.70. The number of aryl methyl sites for hydroxylation is 2. The Morgan fingerprint density at radius 1 is 1.14 bits per heavy atom. The summed E-state index contributed by atoms with van der Waals surface area (Å²) in [7, 11) is 0. The Hall–Kier alpha value is -2.40. The Morgan fingerprint density at radius 3 is 2.29 bits per heavy atom. The number of benzene rings is 1. The molecule has 0 radical (unpaired) electrons. The van der Waals surface area contributed by atoms with Crippen molar-refractivity contribution in [3.63, 3.8) is 0 Å². The SMILES string of the molecule is Cc1nc(N2CC=C(C(C)C(N)=O)CC2)c2c(C)c(C)n(-c3c(Br)cc(C(F)(F)F)cc3Br)c2n1. The molecule has 0 fully saturated rings. The molecule has 2 aromatic heterocycles. The average molecular weight is 615 g/mol. The number of fused-ring (bicyclic) bond motifs is 1. The molecule has 0 spiro atoms. The number of hydrogen-bond donors (Lipinski definition) is 1. The van der Waals surface area contributed by atoms with Crippen molar-refractivity contribution in [3.05, 3.63) is 55.4 Å². The zero-order valence-corrected chi connectivity index (χ0v) is 22.8. The molecule has 1 aromatic carbocycles. The number of aromatic nitrogens is 3. The van der Waals surface area contributed by atoms with Gasteiger partial charge in [-0.15, -0.1) is 0 Å². The van der Waals surface area contributed by atoms with Crippen molar-refractivity contribution in [2.45, 2.75) is 40.3 Å². The minimum absolute atomic E-state index is 0.294. The topological polar surface area (TPSA) is 77.0 Å². The molecule has 3 aromatic rings. The molecule has 35 heavy (non-hydrogen) atoms. The van der Waals surface area contributed by atoms with Gasteiger partial charge >= 0.3 is 6.18 Å². The molecule has 2 N–H and O–H groups in total. The number of alkyl halides is 3. The van der Waals surface area contributed by atoms with Gasteiger partial charge in [-0.1, -0.05) is 11.6 Å². The number of carbonyl (C=O) groups excluding carboxylic acids is 1. The molecule has 1 aliphatic rings. The monoisotopic (exact) mass is 613 g/mol. The maximum atomic E-state index is 13.3. The predicted molar refractivity (Wildman–Crippen MR) is 137 cm³/mol. The molecule has 4 rings (SSSR count). The number of hydrogen-bond acceptors (Lipinski definition) is 4. The zero-order chi connectivity index (χ0) is 25.8. The fourth-order valence-corrected chi connectivity index (χ4v) is 5.99. The maximum absolute atomic E-state index is 13.3. The van der Waals surface area contributed by atoms with Gasteiger partial charge < -0.3 is 10.6 Å². The van der Waals surface area contributed by atoms with E-state index in [2.05, 4.69) is 36.8 Å². The van der Waals surface area contributed by atoms with Gasteiger partial charge in [-0.05, 0) is 83.7 Å². The van der Waals surface area contributed by atoms with Crippen LogP contribution in [0.25, 0.3) is 16.7 Å². The summed E-state index contributed by atoms with van der Waals surface area (Å²) in [5.74, 6) is 0.642. The summed E-state index contributed by atoms with van der Waals surface area (Å²) in [4.78, 5) is 23.2. The molecule has 0 saturated heterocycles. The standard InChI is InChI=1S/C24H24Br2F3N5O/c1-11-13(3)34(20-17(25)9-16(10-18(20)26)24(27,28)29)23-19(11)22(31-14(4)32-23)33-7-5-15(6-8-33)12(2)21(30)35/h5,9-10,12H,6-8H2,1-4H3,(H2,30,35). The minimum atomic E-state index is -4.47. The van der Waals surface area contributed by atoms with Gasteiger partial charge in [0.05, 0.1) is 22.6 Å². The Labute approximate surface area is 217 Å². The second-order valence-electron chi connectivity index (χ2n) is 8.72. The van der Waals surface area contributed by atoms with E-state index in [1.54, 1.807) is 6.92 Å². The lowest BCUT2D eigenvalue weighted by Gasteiger charge is -2.29. The van der Waals surface area contributed by atoms with Crippen LogP contribution in [0.15, 0.2) is 32.7 Å². The highest BCUT2D eigenvalue weighted by Crippen LogP contribution is 2.42. The van der Waals surface area contributed by atoms with E-state index in [4.69, 9.17) is 15.7 Å². The number of nitrogens with two attached hydrogens (primary N) is 1. The number of nitrogens with zero attached hydrogens (tertiary/aromatic N) is 4. The van der Waals surface area contributed by atoms with Crippen LogP contribution >= 0.6 is 31.9 Å². The Balaban J connectivity index is 1.88. The first-order chi connectivity index (χ1) is 16.3. The van der Waals surface area contributed by atoms with Crippen molar-refractivity contribution < 1.29 is 18.0 Å². The highest BCUT2D eigenvalue weighted by Gasteiger charge is 2.33. The van der Waals surface area contributed by atoms with Crippen LogP contribution in [0.3, 0.4) is 0 Å². The molecule has 1 atom stereocenters. The van der Waals surface area contributed by atoms with Crippen LogP contribution in [-0.4, -0.2) is 33.5 Å². The first-order valence-electron chi connectivity index (χ1n) is 11.0. The van der Waals surface area contributed by atoms with Gasteiger partial charge in [0.25, 0.3) is 0 Å². The second kappa shape index (κ2) is 9.24. The van der Waals surface area contributed by atoms with Crippen LogP contribution in [0.4, 0.5) is 19.0 Å². The molecule has 1 amide bonds. The summed E-state index contributed by atoms with van der Waals surface area (Å²) in [5.41, 5.74) is 8.67. The summed E-state index contributed by atoms with van der Waals surface area (Å²) < 4.78 is 42.5. The molecule has 0 aliphatic carbocycles. The lowest BCUT2D eigenvalue weighted by molar-refractivity contribution is -0.137. The quantitative estimate of drug-likeness (QED) is 0.358. The third kappa shape index (κ3) is 4.60. The molecule has 6 nitrogen and oxygen atoms in total. The minimum Gasteiger partial charge on any atom is -0.369 e. The van der Waals surface area contributed by atoms with Gasteiger partial charge in [0.2, 0.25) is 5.91 Å². The average Bonchev–Trinajstić information content (AvgIpc) is 3.02. The van der Waals surface area contributed by atoms with Gasteiger partial charge in [-0.2, -0.15) is 13.2 Å². The fraction of sp³-hybridized carbons (Fsp3) is 0.375. The number of carbonyl (C=O) groups is 1. The molecule has 1 unspecified atom stereocenters. The number of amides is 1. The normalized spacial score (nSPS) is 15.5. The van der Waals surface area contributed by atoms with Crippen LogP contribution in [0.2, 0.25) is 0 Å². The van der Waals surface area contributed by atoms with E-state index in [9.17, 15) is 18.0 Å². The molecule has 1 aliphatic heterocycles. The van der Waals surface area contributed by atoms with E-state index in [0.29, 0.717) is 45.6 Å². The molecule has 0 bridgehead atoms. The van der Waals surface area contributed by atoms with Gasteiger partial charge in [0, 0.05) is 27.7 Å². The Kier molecular flexibility index (Phi) is 6.78. The van der Waals surface area contributed by atoms with E-state index < -0.39 is 11.7 Å². The highest BCUT2D eigenvalue weighted by molar-refractivity contribution is 9.11. The lowest BCUT2D eigenvalue weighted by atomic mass is 9.94. The molecule has 3 heterocycles. The third-order valence-electron chi connectivity index (χ3n) is 6.54. The Bertz CT molecular complexity index is 1360. The molecule has 11 heteroatoms. The van der Waals surface area contributed by atoms with Crippen molar-refractivity contribution in [1.29, 1.82) is 0 Å². The van der Waals surface area contributed by atoms with Crippen molar-refractivity contribution in [1.82, 2.24) is 14.5 Å². The largest absolute Gasteiger partial charge is 0.416 e. The van der Waals surface area contributed by atoms with E-state index >= 15 is 0 Å². The summed E-state index contributed by atoms with van der Waals surface area (Å²) in [5, 5.41) is 0.839. The Morgan fingerprint density at radius 2 is 1.77 bits per heavy atom. The smallest absolute Gasteiger partial charge is 0.369 e. The molecular formula is C24H24Br2F3N5O.